The molecular weight excluding hydrogens is 354 g/mol. The maximum Gasteiger partial charge on any atom is 0.305 e. The molecule has 1 fully saturated rings. The summed E-state index contributed by atoms with van der Waals surface area (Å²) in [7, 11) is -2.06. The van der Waals surface area contributed by atoms with Gasteiger partial charge < -0.3 is 9.47 Å². The quantitative estimate of drug-likeness (QED) is 0.676. The van der Waals surface area contributed by atoms with E-state index in [0.29, 0.717) is 41.3 Å². The topological polar surface area (TPSA) is 72.9 Å². The predicted molar refractivity (Wildman–Crippen MR) is 99.9 cm³/mol. The number of esters is 1. The van der Waals surface area contributed by atoms with Crippen LogP contribution in [0.2, 0.25) is 0 Å². The number of ether oxygens (including phenoxy) is 2. The summed E-state index contributed by atoms with van der Waals surface area (Å²) >= 11 is 0. The lowest BCUT2D eigenvalue weighted by Crippen LogP contribution is -2.44. The van der Waals surface area contributed by atoms with Gasteiger partial charge in [0.15, 0.2) is 0 Å². The Bertz CT molecular complexity index is 721. The van der Waals surface area contributed by atoms with Crippen molar-refractivity contribution < 1.29 is 22.7 Å². The van der Waals surface area contributed by atoms with Gasteiger partial charge in [0.05, 0.1) is 18.6 Å². The lowest BCUT2D eigenvalue weighted by Gasteiger charge is -2.35. The zero-order valence-corrected chi connectivity index (χ0v) is 16.9. The summed E-state index contributed by atoms with van der Waals surface area (Å²) in [4.78, 5) is 12.0. The van der Waals surface area contributed by atoms with Crippen LogP contribution in [0, 0.1) is 13.8 Å². The molecule has 1 unspecified atom stereocenters. The van der Waals surface area contributed by atoms with Crippen LogP contribution in [0.5, 0.6) is 5.75 Å². The maximum atomic E-state index is 13.4. The average molecular weight is 384 g/mol. The maximum absolute atomic E-state index is 13.4. The van der Waals surface area contributed by atoms with Crippen LogP contribution in [0.1, 0.15) is 50.2 Å². The summed E-state index contributed by atoms with van der Waals surface area (Å²) in [6.07, 6.45) is 3.31. The summed E-state index contributed by atoms with van der Waals surface area (Å²) in [5.41, 5.74) is 1.35. The van der Waals surface area contributed by atoms with Gasteiger partial charge in [0.2, 0.25) is 10.0 Å². The van der Waals surface area contributed by atoms with Crippen LogP contribution in [0.3, 0.4) is 0 Å². The largest absolute Gasteiger partial charge is 0.497 e. The molecule has 0 spiro atoms. The molecule has 6 nitrogen and oxygen atoms in total. The molecule has 2 rings (SSSR count). The SMILES string of the molecule is CCOC(=O)CCC1CCCCN1S(=O)(=O)c1c(C)cc(OC)cc1C. The molecule has 0 bridgehead atoms. The third kappa shape index (κ3) is 4.57. The Balaban J connectivity index is 2.29. The molecule has 0 saturated carbocycles. The van der Waals surface area contributed by atoms with Gasteiger partial charge in [-0.2, -0.15) is 4.31 Å². The van der Waals surface area contributed by atoms with Gasteiger partial charge >= 0.3 is 5.97 Å². The normalized spacial score (nSPS) is 18.5. The Morgan fingerprint density at radius 3 is 2.46 bits per heavy atom. The van der Waals surface area contributed by atoms with E-state index in [1.54, 1.807) is 44.3 Å². The molecule has 1 atom stereocenters. The fraction of sp³-hybridized carbons (Fsp3) is 0.632. The molecule has 0 aliphatic carbocycles. The van der Waals surface area contributed by atoms with Crippen molar-refractivity contribution in [2.45, 2.75) is 63.8 Å². The van der Waals surface area contributed by atoms with Crippen LogP contribution in [0.15, 0.2) is 17.0 Å². The van der Waals surface area contributed by atoms with E-state index in [1.807, 2.05) is 0 Å². The van der Waals surface area contributed by atoms with Crippen LogP contribution >= 0.6 is 0 Å². The lowest BCUT2D eigenvalue weighted by atomic mass is 10.0. The molecule has 146 valence electrons. The molecule has 1 heterocycles. The van der Waals surface area contributed by atoms with Crippen molar-refractivity contribution >= 4 is 16.0 Å². The van der Waals surface area contributed by atoms with Crippen LogP contribution in [-0.2, 0) is 19.6 Å². The highest BCUT2D eigenvalue weighted by molar-refractivity contribution is 7.89. The molecule has 7 heteroatoms. The number of sulfonamides is 1. The fourth-order valence-corrected chi connectivity index (χ4v) is 5.79. The highest BCUT2D eigenvalue weighted by Gasteiger charge is 2.35. The van der Waals surface area contributed by atoms with E-state index in [1.165, 1.54) is 0 Å². The first-order valence-electron chi connectivity index (χ1n) is 9.14. The molecule has 1 aromatic rings. The Kier molecular flexibility index (Phi) is 7.06. The van der Waals surface area contributed by atoms with E-state index >= 15 is 0 Å². The first-order chi connectivity index (χ1) is 12.3. The second-order valence-corrected chi connectivity index (χ2v) is 8.53. The summed E-state index contributed by atoms with van der Waals surface area (Å²) in [6.45, 7) is 6.18. The minimum Gasteiger partial charge on any atom is -0.497 e. The molecule has 0 amide bonds. The minimum absolute atomic E-state index is 0.168. The minimum atomic E-state index is -3.63. The van der Waals surface area contributed by atoms with E-state index in [-0.39, 0.29) is 18.4 Å². The van der Waals surface area contributed by atoms with Gasteiger partial charge in [-0.3, -0.25) is 4.79 Å². The Morgan fingerprint density at radius 2 is 1.88 bits per heavy atom. The van der Waals surface area contributed by atoms with E-state index in [4.69, 9.17) is 9.47 Å². The zero-order valence-electron chi connectivity index (χ0n) is 16.1. The summed E-state index contributed by atoms with van der Waals surface area (Å²) in [6, 6.07) is 3.33. The van der Waals surface area contributed by atoms with Crippen molar-refractivity contribution in [3.05, 3.63) is 23.3 Å². The van der Waals surface area contributed by atoms with Gasteiger partial charge in [0.25, 0.3) is 0 Å². The lowest BCUT2D eigenvalue weighted by molar-refractivity contribution is -0.143. The number of carbonyl (C=O) groups excluding carboxylic acids is 1. The summed E-state index contributed by atoms with van der Waals surface area (Å²) in [5, 5.41) is 0. The van der Waals surface area contributed by atoms with E-state index in [0.717, 1.165) is 19.3 Å². The Hall–Kier alpha value is -1.60. The molecule has 1 aromatic carbocycles. The average Bonchev–Trinajstić information content (AvgIpc) is 2.59. The van der Waals surface area contributed by atoms with Crippen molar-refractivity contribution in [2.75, 3.05) is 20.3 Å². The van der Waals surface area contributed by atoms with E-state index in [9.17, 15) is 13.2 Å². The number of hydrogen-bond acceptors (Lipinski definition) is 5. The zero-order chi connectivity index (χ0) is 19.3. The number of hydrogen-bond donors (Lipinski definition) is 0. The van der Waals surface area contributed by atoms with Crippen LogP contribution < -0.4 is 4.74 Å². The predicted octanol–water partition coefficient (Wildman–Crippen LogP) is 3.20. The molecule has 1 aliphatic rings. The standard InChI is InChI=1S/C19H29NO5S/c1-5-25-18(21)10-9-16-8-6-7-11-20(16)26(22,23)19-14(2)12-17(24-4)13-15(19)3/h12-13,16H,5-11H2,1-4H3. The van der Waals surface area contributed by atoms with Crippen LogP contribution in [0.25, 0.3) is 0 Å². The third-order valence-electron chi connectivity index (χ3n) is 4.80. The number of nitrogens with zero attached hydrogens (tertiary/aromatic N) is 1. The number of benzene rings is 1. The van der Waals surface area contributed by atoms with Crippen LogP contribution in [-0.4, -0.2) is 45.0 Å². The van der Waals surface area contributed by atoms with Crippen molar-refractivity contribution in [3.63, 3.8) is 0 Å². The third-order valence-corrected chi connectivity index (χ3v) is 7.05. The van der Waals surface area contributed by atoms with Crippen molar-refractivity contribution in [1.82, 2.24) is 4.31 Å². The van der Waals surface area contributed by atoms with Gasteiger partial charge in [-0.25, -0.2) is 8.42 Å². The van der Waals surface area contributed by atoms with Gasteiger partial charge in [0.1, 0.15) is 5.75 Å². The summed E-state index contributed by atoms with van der Waals surface area (Å²) in [5.74, 6) is 0.378. The van der Waals surface area contributed by atoms with Crippen molar-refractivity contribution in [2.24, 2.45) is 0 Å². The number of piperidine rings is 1. The highest BCUT2D eigenvalue weighted by Crippen LogP contribution is 2.33. The van der Waals surface area contributed by atoms with Crippen LogP contribution in [0.4, 0.5) is 0 Å². The Labute approximate surface area is 156 Å². The second kappa shape index (κ2) is 8.86. The first-order valence-corrected chi connectivity index (χ1v) is 10.6. The molecule has 0 aromatic heterocycles. The molecular formula is C19H29NO5S. The molecule has 26 heavy (non-hydrogen) atoms. The smallest absolute Gasteiger partial charge is 0.305 e. The van der Waals surface area contributed by atoms with Gasteiger partial charge in [-0.15, -0.1) is 0 Å². The second-order valence-electron chi connectivity index (χ2n) is 6.70. The molecule has 0 radical (unpaired) electrons. The molecule has 0 N–H and O–H groups in total. The van der Waals surface area contributed by atoms with Gasteiger partial charge in [0, 0.05) is 19.0 Å². The summed E-state index contributed by atoms with van der Waals surface area (Å²) < 4.78 is 38.6. The van der Waals surface area contributed by atoms with Gasteiger partial charge in [-0.05, 0) is 63.3 Å². The van der Waals surface area contributed by atoms with E-state index < -0.39 is 10.0 Å². The number of rotatable bonds is 7. The van der Waals surface area contributed by atoms with Crippen molar-refractivity contribution in [3.8, 4) is 5.75 Å². The molecule has 1 aliphatic heterocycles. The Morgan fingerprint density at radius 1 is 1.23 bits per heavy atom. The highest BCUT2D eigenvalue weighted by atomic mass is 32.2. The van der Waals surface area contributed by atoms with E-state index in [2.05, 4.69) is 0 Å². The fourth-order valence-electron chi connectivity index (χ4n) is 3.65. The molecule has 1 saturated heterocycles. The number of aryl methyl sites for hydroxylation is 2. The van der Waals surface area contributed by atoms with Gasteiger partial charge in [-0.1, -0.05) is 6.42 Å². The first kappa shape index (κ1) is 20.7. The number of carbonyl (C=O) groups is 1. The number of methoxy groups -OCH3 is 1. The van der Waals surface area contributed by atoms with Crippen molar-refractivity contribution in [1.29, 1.82) is 0 Å². The monoisotopic (exact) mass is 383 g/mol.